The van der Waals surface area contributed by atoms with Crippen LogP contribution in [0.25, 0.3) is 0 Å². The van der Waals surface area contributed by atoms with Gasteiger partial charge >= 0.3 is 0 Å². The van der Waals surface area contributed by atoms with E-state index in [2.05, 4.69) is 79.4 Å². The van der Waals surface area contributed by atoms with E-state index in [1.54, 1.807) is 0 Å². The quantitative estimate of drug-likeness (QED) is 0.329. The molecule has 0 aliphatic carbocycles. The van der Waals surface area contributed by atoms with Crippen molar-refractivity contribution in [3.05, 3.63) is 60.7 Å². The second-order valence-corrected chi connectivity index (χ2v) is 7.39. The third kappa shape index (κ3) is 6.86. The van der Waals surface area contributed by atoms with Gasteiger partial charge in [0.2, 0.25) is 0 Å². The zero-order chi connectivity index (χ0) is 18.5. The minimum atomic E-state index is 0.584. The lowest BCUT2D eigenvalue weighted by atomic mass is 9.99. The van der Waals surface area contributed by atoms with Crippen molar-refractivity contribution in [2.75, 3.05) is 4.90 Å². The molecule has 2 aromatic rings. The Morgan fingerprint density at radius 1 is 0.577 bits per heavy atom. The van der Waals surface area contributed by atoms with Gasteiger partial charge in [0.05, 0.1) is 0 Å². The first-order valence-electron chi connectivity index (χ1n) is 10.8. The van der Waals surface area contributed by atoms with Crippen LogP contribution in [-0.2, 0) is 0 Å². The van der Waals surface area contributed by atoms with Crippen LogP contribution in [0.3, 0.4) is 0 Å². The normalized spacial score (nSPS) is 12.1. The molecule has 1 heteroatoms. The molecule has 0 fully saturated rings. The number of hydrogen-bond acceptors (Lipinski definition) is 1. The van der Waals surface area contributed by atoms with Crippen molar-refractivity contribution in [1.29, 1.82) is 0 Å². The van der Waals surface area contributed by atoms with Crippen LogP contribution in [0.5, 0.6) is 0 Å². The van der Waals surface area contributed by atoms with E-state index >= 15 is 0 Å². The monoisotopic (exact) mass is 351 g/mol. The zero-order valence-corrected chi connectivity index (χ0v) is 16.9. The molecule has 0 spiro atoms. The molecule has 0 N–H and O–H groups in total. The highest BCUT2D eigenvalue weighted by atomic mass is 15.2. The van der Waals surface area contributed by atoms with Gasteiger partial charge in [0.15, 0.2) is 0 Å². The summed E-state index contributed by atoms with van der Waals surface area (Å²) in [4.78, 5) is 2.57. The summed E-state index contributed by atoms with van der Waals surface area (Å²) in [6, 6.07) is 22.4. The number of nitrogens with zero attached hydrogens (tertiary/aromatic N) is 1. The van der Waals surface area contributed by atoms with Gasteiger partial charge in [-0.1, -0.05) is 102 Å². The summed E-state index contributed by atoms with van der Waals surface area (Å²) in [6.45, 7) is 4.60. The molecule has 1 nitrogen and oxygen atoms in total. The average Bonchev–Trinajstić information content (AvgIpc) is 2.69. The fraction of sp³-hybridized carbons (Fsp3) is 0.520. The van der Waals surface area contributed by atoms with E-state index in [-0.39, 0.29) is 0 Å². The van der Waals surface area contributed by atoms with Crippen molar-refractivity contribution in [3.8, 4) is 0 Å². The predicted molar refractivity (Wildman–Crippen MR) is 116 cm³/mol. The number of para-hydroxylation sites is 2. The molecule has 0 heterocycles. The topological polar surface area (TPSA) is 3.24 Å². The second kappa shape index (κ2) is 12.6. The maximum absolute atomic E-state index is 2.57. The van der Waals surface area contributed by atoms with E-state index < -0.39 is 0 Å². The standard InChI is InChI=1S/C25H37N/c1-3-5-6-7-8-9-12-18-23(17-4-2)26(24-19-13-10-14-20-24)25-21-15-11-16-22-25/h10-11,13-16,19-23H,3-9,12,17-18H2,1-2H3. The first-order valence-corrected chi connectivity index (χ1v) is 10.8. The minimum Gasteiger partial charge on any atom is -0.338 e. The van der Waals surface area contributed by atoms with Gasteiger partial charge in [-0.15, -0.1) is 0 Å². The predicted octanol–water partition coefficient (Wildman–Crippen LogP) is 8.13. The Hall–Kier alpha value is -1.76. The Labute approximate surface area is 161 Å². The summed E-state index contributed by atoms with van der Waals surface area (Å²) in [5, 5.41) is 0. The minimum absolute atomic E-state index is 0.584. The number of benzene rings is 2. The van der Waals surface area contributed by atoms with Crippen LogP contribution < -0.4 is 4.90 Å². The molecule has 2 aromatic carbocycles. The van der Waals surface area contributed by atoms with E-state index in [0.717, 1.165) is 0 Å². The van der Waals surface area contributed by atoms with Crippen LogP contribution in [-0.4, -0.2) is 6.04 Å². The Kier molecular flexibility index (Phi) is 9.94. The molecular formula is C25H37N. The molecule has 0 saturated carbocycles. The molecule has 26 heavy (non-hydrogen) atoms. The number of anilines is 2. The van der Waals surface area contributed by atoms with Crippen LogP contribution in [0, 0.1) is 0 Å². The van der Waals surface area contributed by atoms with Crippen LogP contribution >= 0.6 is 0 Å². The molecular weight excluding hydrogens is 314 g/mol. The summed E-state index contributed by atoms with van der Waals surface area (Å²) < 4.78 is 0. The van der Waals surface area contributed by atoms with Gasteiger partial charge in [0.1, 0.15) is 0 Å². The van der Waals surface area contributed by atoms with Crippen LogP contribution in [0.15, 0.2) is 60.7 Å². The Morgan fingerprint density at radius 2 is 1.08 bits per heavy atom. The molecule has 1 unspecified atom stereocenters. The Bertz CT molecular complexity index is 524. The van der Waals surface area contributed by atoms with E-state index in [9.17, 15) is 0 Å². The lowest BCUT2D eigenvalue weighted by Gasteiger charge is -2.34. The fourth-order valence-corrected chi connectivity index (χ4v) is 3.82. The highest BCUT2D eigenvalue weighted by Crippen LogP contribution is 2.31. The van der Waals surface area contributed by atoms with Gasteiger partial charge in [-0.05, 0) is 37.1 Å². The fourth-order valence-electron chi connectivity index (χ4n) is 3.82. The summed E-state index contributed by atoms with van der Waals surface area (Å²) in [5.74, 6) is 0. The molecule has 0 radical (unpaired) electrons. The van der Waals surface area contributed by atoms with Crippen molar-refractivity contribution < 1.29 is 0 Å². The largest absolute Gasteiger partial charge is 0.338 e. The first-order chi connectivity index (χ1) is 12.9. The molecule has 2 rings (SSSR count). The summed E-state index contributed by atoms with van der Waals surface area (Å²) >= 11 is 0. The van der Waals surface area contributed by atoms with Crippen molar-refractivity contribution in [2.45, 2.75) is 84.1 Å². The van der Waals surface area contributed by atoms with Gasteiger partial charge in [-0.3, -0.25) is 0 Å². The average molecular weight is 352 g/mol. The molecule has 142 valence electrons. The van der Waals surface area contributed by atoms with Crippen molar-refractivity contribution in [1.82, 2.24) is 0 Å². The maximum Gasteiger partial charge on any atom is 0.0413 e. The molecule has 0 amide bonds. The molecule has 0 aromatic heterocycles. The van der Waals surface area contributed by atoms with Gasteiger partial charge in [-0.25, -0.2) is 0 Å². The Morgan fingerprint density at radius 3 is 1.58 bits per heavy atom. The van der Waals surface area contributed by atoms with Crippen molar-refractivity contribution >= 4 is 11.4 Å². The highest BCUT2D eigenvalue weighted by molar-refractivity contribution is 5.63. The Balaban J connectivity index is 2.02. The lowest BCUT2D eigenvalue weighted by molar-refractivity contribution is 0.499. The smallest absolute Gasteiger partial charge is 0.0413 e. The van der Waals surface area contributed by atoms with Gasteiger partial charge < -0.3 is 4.90 Å². The summed E-state index contributed by atoms with van der Waals surface area (Å²) in [5.41, 5.74) is 2.64. The number of unbranched alkanes of at least 4 members (excludes halogenated alkanes) is 6. The van der Waals surface area contributed by atoms with Crippen molar-refractivity contribution in [2.24, 2.45) is 0 Å². The van der Waals surface area contributed by atoms with Crippen LogP contribution in [0.1, 0.15) is 78.1 Å². The van der Waals surface area contributed by atoms with Gasteiger partial charge in [0, 0.05) is 17.4 Å². The van der Waals surface area contributed by atoms with E-state index in [4.69, 9.17) is 0 Å². The summed E-state index contributed by atoms with van der Waals surface area (Å²) in [6.07, 6.45) is 13.4. The molecule has 0 aliphatic rings. The van der Waals surface area contributed by atoms with Crippen molar-refractivity contribution in [3.63, 3.8) is 0 Å². The third-order valence-corrected chi connectivity index (χ3v) is 5.20. The molecule has 1 atom stereocenters. The van der Waals surface area contributed by atoms with E-state index in [1.807, 2.05) is 0 Å². The second-order valence-electron chi connectivity index (χ2n) is 7.39. The number of hydrogen-bond donors (Lipinski definition) is 0. The first kappa shape index (κ1) is 20.6. The lowest BCUT2D eigenvalue weighted by Crippen LogP contribution is -2.31. The molecule has 0 saturated heterocycles. The van der Waals surface area contributed by atoms with Crippen LogP contribution in [0.4, 0.5) is 11.4 Å². The van der Waals surface area contributed by atoms with E-state index in [0.29, 0.717) is 6.04 Å². The SMILES string of the molecule is CCCCCCCCCC(CCC)N(c1ccccc1)c1ccccc1. The van der Waals surface area contributed by atoms with Gasteiger partial charge in [-0.2, -0.15) is 0 Å². The molecule has 0 aliphatic heterocycles. The van der Waals surface area contributed by atoms with Crippen LogP contribution in [0.2, 0.25) is 0 Å². The molecule has 0 bridgehead atoms. The third-order valence-electron chi connectivity index (χ3n) is 5.20. The summed E-state index contributed by atoms with van der Waals surface area (Å²) in [7, 11) is 0. The number of rotatable bonds is 13. The zero-order valence-electron chi connectivity index (χ0n) is 16.9. The highest BCUT2D eigenvalue weighted by Gasteiger charge is 2.19. The van der Waals surface area contributed by atoms with Gasteiger partial charge in [0.25, 0.3) is 0 Å². The maximum atomic E-state index is 2.57. The van der Waals surface area contributed by atoms with E-state index in [1.165, 1.54) is 75.6 Å².